The third-order valence-electron chi connectivity index (χ3n) is 3.81. The van der Waals surface area contributed by atoms with E-state index in [0.717, 1.165) is 25.9 Å². The second-order valence-electron chi connectivity index (χ2n) is 5.34. The van der Waals surface area contributed by atoms with Crippen LogP contribution in [-0.4, -0.2) is 51.5 Å². The van der Waals surface area contributed by atoms with Crippen LogP contribution in [0.5, 0.6) is 0 Å². The lowest BCUT2D eigenvalue weighted by molar-refractivity contribution is -0.387. The van der Waals surface area contributed by atoms with E-state index in [9.17, 15) is 18.5 Å². The van der Waals surface area contributed by atoms with Gasteiger partial charge in [0.1, 0.15) is 0 Å². The standard InChI is InChI=1S/C13H20N4O4S/c1-14-22(20,21)13-11(4-3-5-12(13)17(18)19)15-10-6-8-16(2)9-7-10/h3-5,10,14-15H,6-9H2,1-2H3. The van der Waals surface area contributed by atoms with Crippen molar-refractivity contribution in [3.8, 4) is 0 Å². The Morgan fingerprint density at radius 2 is 1.95 bits per heavy atom. The van der Waals surface area contributed by atoms with Crippen LogP contribution in [0.3, 0.4) is 0 Å². The van der Waals surface area contributed by atoms with E-state index < -0.39 is 20.6 Å². The maximum Gasteiger partial charge on any atom is 0.291 e. The van der Waals surface area contributed by atoms with E-state index in [1.54, 1.807) is 6.07 Å². The van der Waals surface area contributed by atoms with Crippen LogP contribution in [0.25, 0.3) is 0 Å². The fourth-order valence-electron chi connectivity index (χ4n) is 2.54. The molecular weight excluding hydrogens is 308 g/mol. The molecule has 1 aromatic rings. The lowest BCUT2D eigenvalue weighted by atomic mass is 10.1. The van der Waals surface area contributed by atoms with E-state index >= 15 is 0 Å². The number of hydrogen-bond donors (Lipinski definition) is 2. The minimum absolute atomic E-state index is 0.101. The van der Waals surface area contributed by atoms with Crippen LogP contribution in [0.2, 0.25) is 0 Å². The number of piperidine rings is 1. The molecule has 1 aliphatic rings. The minimum Gasteiger partial charge on any atom is -0.381 e. The second-order valence-corrected chi connectivity index (χ2v) is 7.16. The van der Waals surface area contributed by atoms with Crippen molar-refractivity contribution < 1.29 is 13.3 Å². The zero-order valence-electron chi connectivity index (χ0n) is 12.6. The molecule has 0 radical (unpaired) electrons. The molecule has 0 saturated carbocycles. The number of sulfonamides is 1. The summed E-state index contributed by atoms with van der Waals surface area (Å²) < 4.78 is 26.5. The van der Waals surface area contributed by atoms with Gasteiger partial charge in [0.05, 0.1) is 10.6 Å². The molecule has 0 amide bonds. The first-order valence-electron chi connectivity index (χ1n) is 7.01. The van der Waals surface area contributed by atoms with E-state index in [0.29, 0.717) is 0 Å². The molecule has 2 N–H and O–H groups in total. The Labute approximate surface area is 129 Å². The minimum atomic E-state index is -3.93. The molecule has 1 saturated heterocycles. The first-order chi connectivity index (χ1) is 10.3. The maximum atomic E-state index is 12.2. The summed E-state index contributed by atoms with van der Waals surface area (Å²) in [6.45, 7) is 1.81. The van der Waals surface area contributed by atoms with E-state index in [2.05, 4.69) is 14.9 Å². The molecular formula is C13H20N4O4S. The fourth-order valence-corrected chi connectivity index (χ4v) is 3.58. The molecule has 2 rings (SSSR count). The number of nitrogens with one attached hydrogen (secondary N) is 2. The van der Waals surface area contributed by atoms with Crippen LogP contribution in [0.15, 0.2) is 23.1 Å². The summed E-state index contributed by atoms with van der Waals surface area (Å²) in [4.78, 5) is 12.4. The average Bonchev–Trinajstić information content (AvgIpc) is 2.49. The first-order valence-corrected chi connectivity index (χ1v) is 8.49. The monoisotopic (exact) mass is 328 g/mol. The van der Waals surface area contributed by atoms with Gasteiger partial charge in [0.2, 0.25) is 10.0 Å². The highest BCUT2D eigenvalue weighted by atomic mass is 32.2. The Hall–Kier alpha value is -1.71. The summed E-state index contributed by atoms with van der Waals surface area (Å²) in [6.07, 6.45) is 1.72. The highest BCUT2D eigenvalue weighted by Crippen LogP contribution is 2.32. The van der Waals surface area contributed by atoms with Crippen molar-refractivity contribution in [1.82, 2.24) is 9.62 Å². The summed E-state index contributed by atoms with van der Waals surface area (Å²) in [5.41, 5.74) is -0.148. The van der Waals surface area contributed by atoms with Crippen molar-refractivity contribution in [2.24, 2.45) is 0 Å². The molecule has 8 nitrogen and oxygen atoms in total. The number of nitro groups is 1. The Morgan fingerprint density at radius 3 is 2.50 bits per heavy atom. The predicted molar refractivity (Wildman–Crippen MR) is 83.5 cm³/mol. The molecule has 22 heavy (non-hydrogen) atoms. The van der Waals surface area contributed by atoms with Gasteiger partial charge in [-0.25, -0.2) is 13.1 Å². The lowest BCUT2D eigenvalue weighted by Crippen LogP contribution is -2.37. The van der Waals surface area contributed by atoms with Gasteiger partial charge in [-0.3, -0.25) is 10.1 Å². The van der Waals surface area contributed by atoms with E-state index in [-0.39, 0.29) is 16.6 Å². The van der Waals surface area contributed by atoms with Crippen molar-refractivity contribution >= 4 is 21.4 Å². The zero-order chi connectivity index (χ0) is 16.3. The van der Waals surface area contributed by atoms with Crippen LogP contribution >= 0.6 is 0 Å². The third kappa shape index (κ3) is 3.54. The summed E-state index contributed by atoms with van der Waals surface area (Å²) in [5.74, 6) is 0. The van der Waals surface area contributed by atoms with Gasteiger partial charge in [-0.15, -0.1) is 0 Å². The molecule has 0 spiro atoms. The first kappa shape index (κ1) is 16.7. The number of nitrogens with zero attached hydrogens (tertiary/aromatic N) is 2. The number of hydrogen-bond acceptors (Lipinski definition) is 6. The van der Waals surface area contributed by atoms with Crippen molar-refractivity contribution in [1.29, 1.82) is 0 Å². The Morgan fingerprint density at radius 1 is 1.32 bits per heavy atom. The molecule has 122 valence electrons. The van der Waals surface area contributed by atoms with Gasteiger partial charge in [-0.2, -0.15) is 0 Å². The lowest BCUT2D eigenvalue weighted by Gasteiger charge is -2.30. The third-order valence-corrected chi connectivity index (χ3v) is 5.31. The van der Waals surface area contributed by atoms with Crippen LogP contribution in [-0.2, 0) is 10.0 Å². The van der Waals surface area contributed by atoms with Gasteiger partial charge in [0, 0.05) is 12.1 Å². The molecule has 0 aromatic heterocycles. The molecule has 0 atom stereocenters. The molecule has 9 heteroatoms. The smallest absolute Gasteiger partial charge is 0.291 e. The summed E-state index contributed by atoms with van der Waals surface area (Å²) in [6, 6.07) is 4.35. The highest BCUT2D eigenvalue weighted by molar-refractivity contribution is 7.89. The highest BCUT2D eigenvalue weighted by Gasteiger charge is 2.29. The number of rotatable bonds is 5. The Bertz CT molecular complexity index is 654. The molecule has 0 aliphatic carbocycles. The number of anilines is 1. The topological polar surface area (TPSA) is 105 Å². The summed E-state index contributed by atoms with van der Waals surface area (Å²) >= 11 is 0. The molecule has 0 bridgehead atoms. The fraction of sp³-hybridized carbons (Fsp3) is 0.538. The molecule has 0 unspecified atom stereocenters. The van der Waals surface area contributed by atoms with Gasteiger partial charge in [-0.05, 0) is 46.1 Å². The van der Waals surface area contributed by atoms with E-state index in [1.165, 1.54) is 19.2 Å². The van der Waals surface area contributed by atoms with Crippen LogP contribution in [0.4, 0.5) is 11.4 Å². The van der Waals surface area contributed by atoms with Crippen LogP contribution in [0.1, 0.15) is 12.8 Å². The average molecular weight is 328 g/mol. The van der Waals surface area contributed by atoms with Gasteiger partial charge in [-0.1, -0.05) is 6.07 Å². The number of nitro benzene ring substituents is 1. The van der Waals surface area contributed by atoms with Gasteiger partial charge in [0.25, 0.3) is 5.69 Å². The maximum absolute atomic E-state index is 12.2. The molecule has 1 aliphatic heterocycles. The van der Waals surface area contributed by atoms with Crippen LogP contribution < -0.4 is 10.0 Å². The Balaban J connectivity index is 2.39. The number of likely N-dealkylation sites (tertiary alicyclic amines) is 1. The normalized spacial score (nSPS) is 17.4. The van der Waals surface area contributed by atoms with Crippen LogP contribution in [0, 0.1) is 10.1 Å². The quantitative estimate of drug-likeness (QED) is 0.617. The van der Waals surface area contributed by atoms with Gasteiger partial charge in [0.15, 0.2) is 4.90 Å². The molecule has 1 aromatic carbocycles. The molecule has 1 fully saturated rings. The Kier molecular flexibility index (Phi) is 4.99. The van der Waals surface area contributed by atoms with E-state index in [4.69, 9.17) is 0 Å². The van der Waals surface area contributed by atoms with Gasteiger partial charge >= 0.3 is 0 Å². The largest absolute Gasteiger partial charge is 0.381 e. The van der Waals surface area contributed by atoms with Gasteiger partial charge < -0.3 is 10.2 Å². The summed E-state index contributed by atoms with van der Waals surface area (Å²) in [7, 11) is -0.661. The van der Waals surface area contributed by atoms with Crippen molar-refractivity contribution in [3.05, 3.63) is 28.3 Å². The number of benzene rings is 1. The predicted octanol–water partition coefficient (Wildman–Crippen LogP) is 1.01. The van der Waals surface area contributed by atoms with Crippen molar-refractivity contribution in [2.75, 3.05) is 32.5 Å². The summed E-state index contributed by atoms with van der Waals surface area (Å²) in [5, 5.41) is 14.3. The SMILES string of the molecule is CNS(=O)(=O)c1c(NC2CCN(C)CC2)cccc1[N+](=O)[O-]. The zero-order valence-corrected chi connectivity index (χ0v) is 13.4. The van der Waals surface area contributed by atoms with Crippen molar-refractivity contribution in [2.45, 2.75) is 23.8 Å². The van der Waals surface area contributed by atoms with E-state index in [1.807, 2.05) is 7.05 Å². The second kappa shape index (κ2) is 6.59. The molecule has 1 heterocycles. The van der Waals surface area contributed by atoms with Crippen molar-refractivity contribution in [3.63, 3.8) is 0 Å².